The van der Waals surface area contributed by atoms with E-state index in [-0.39, 0.29) is 6.71 Å². The molecular formula is C25H27BO. The average molecular weight is 354 g/mol. The molecule has 3 aromatic carbocycles. The average Bonchev–Trinajstić information content (AvgIpc) is 2.59. The Labute approximate surface area is 163 Å². The van der Waals surface area contributed by atoms with E-state index in [9.17, 15) is 4.79 Å². The third-order valence-electron chi connectivity index (χ3n) is 5.46. The molecule has 0 bridgehead atoms. The van der Waals surface area contributed by atoms with Gasteiger partial charge in [0.05, 0.1) is 0 Å². The zero-order chi connectivity index (χ0) is 19.7. The monoisotopic (exact) mass is 354 g/mol. The summed E-state index contributed by atoms with van der Waals surface area (Å²) in [5.74, 6) is 0. The van der Waals surface area contributed by atoms with Crippen LogP contribution in [0.4, 0.5) is 0 Å². The molecule has 0 aliphatic carbocycles. The Balaban J connectivity index is 2.33. The van der Waals surface area contributed by atoms with Crippen LogP contribution >= 0.6 is 0 Å². The summed E-state index contributed by atoms with van der Waals surface area (Å²) in [6, 6.07) is 17.1. The fourth-order valence-electron chi connectivity index (χ4n) is 4.54. The molecule has 0 aromatic heterocycles. The Hall–Kier alpha value is -2.61. The van der Waals surface area contributed by atoms with Crippen molar-refractivity contribution in [3.63, 3.8) is 0 Å². The molecule has 0 radical (unpaired) electrons. The van der Waals surface area contributed by atoms with Gasteiger partial charge in [0.2, 0.25) is 6.71 Å². The molecule has 0 unspecified atom stereocenters. The Kier molecular flexibility index (Phi) is 5.37. The Morgan fingerprint density at radius 1 is 0.630 bits per heavy atom. The highest BCUT2D eigenvalue weighted by molar-refractivity contribution is 6.96. The van der Waals surface area contributed by atoms with E-state index in [4.69, 9.17) is 0 Å². The minimum atomic E-state index is 0.159. The molecule has 0 fully saturated rings. The second kappa shape index (κ2) is 7.56. The molecule has 0 amide bonds. The Bertz CT molecular complexity index is 896. The van der Waals surface area contributed by atoms with Gasteiger partial charge in [-0.2, -0.15) is 0 Å². The Morgan fingerprint density at radius 2 is 1.00 bits per heavy atom. The lowest BCUT2D eigenvalue weighted by molar-refractivity contribution is 0.112. The minimum absolute atomic E-state index is 0.159. The zero-order valence-electron chi connectivity index (χ0n) is 17.2. The van der Waals surface area contributed by atoms with Crippen molar-refractivity contribution in [2.24, 2.45) is 0 Å². The zero-order valence-corrected chi connectivity index (χ0v) is 17.2. The number of rotatable bonds is 4. The standard InChI is InChI=1S/C25H27BO/c1-16-11-18(3)24(19(4)12-16)26(23-9-7-22(15-27)8-10-23)25-20(5)13-17(2)14-21(25)6/h7-15H,1-6H3. The van der Waals surface area contributed by atoms with Crippen LogP contribution in [0.25, 0.3) is 0 Å². The summed E-state index contributed by atoms with van der Waals surface area (Å²) in [6.07, 6.45) is 0.906. The second-order valence-corrected chi connectivity index (χ2v) is 7.84. The number of hydrogen-bond donors (Lipinski definition) is 0. The fraction of sp³-hybridized carbons (Fsp3) is 0.240. The number of aldehydes is 1. The summed E-state index contributed by atoms with van der Waals surface area (Å²) in [6.45, 7) is 13.3. The van der Waals surface area contributed by atoms with E-state index in [2.05, 4.69) is 77.9 Å². The molecule has 0 saturated carbocycles. The molecule has 3 aromatic rings. The molecule has 0 aliphatic rings. The largest absolute Gasteiger partial charge is 0.298 e. The van der Waals surface area contributed by atoms with E-state index in [1.165, 1.54) is 49.8 Å². The molecular weight excluding hydrogens is 327 g/mol. The first kappa shape index (κ1) is 19.2. The third-order valence-corrected chi connectivity index (χ3v) is 5.46. The molecule has 1 nitrogen and oxygen atoms in total. The number of aryl methyl sites for hydroxylation is 6. The fourth-order valence-corrected chi connectivity index (χ4v) is 4.54. The van der Waals surface area contributed by atoms with Crippen LogP contribution in [0.1, 0.15) is 43.7 Å². The molecule has 2 heteroatoms. The predicted octanol–water partition coefficient (Wildman–Crippen LogP) is 3.87. The first-order valence-electron chi connectivity index (χ1n) is 9.52. The van der Waals surface area contributed by atoms with Gasteiger partial charge < -0.3 is 0 Å². The minimum Gasteiger partial charge on any atom is -0.298 e. The van der Waals surface area contributed by atoms with Gasteiger partial charge >= 0.3 is 0 Å². The first-order chi connectivity index (χ1) is 12.8. The summed E-state index contributed by atoms with van der Waals surface area (Å²) in [7, 11) is 0. The van der Waals surface area contributed by atoms with Crippen LogP contribution in [0.15, 0.2) is 48.5 Å². The van der Waals surface area contributed by atoms with E-state index in [0.29, 0.717) is 5.56 Å². The van der Waals surface area contributed by atoms with E-state index >= 15 is 0 Å². The summed E-state index contributed by atoms with van der Waals surface area (Å²) in [4.78, 5) is 11.1. The summed E-state index contributed by atoms with van der Waals surface area (Å²) in [5.41, 5.74) is 12.5. The SMILES string of the molecule is Cc1cc(C)c(B(c2ccc(C=O)cc2)c2c(C)cc(C)cc2C)c(C)c1. The number of benzene rings is 3. The van der Waals surface area contributed by atoms with Gasteiger partial charge in [-0.05, 0) is 41.5 Å². The highest BCUT2D eigenvalue weighted by atomic mass is 16.1. The van der Waals surface area contributed by atoms with Crippen LogP contribution in [0.2, 0.25) is 0 Å². The number of carbonyl (C=O) groups excluding carboxylic acids is 1. The third kappa shape index (κ3) is 3.76. The maximum atomic E-state index is 11.1. The van der Waals surface area contributed by atoms with Gasteiger partial charge in [-0.3, -0.25) is 4.79 Å². The van der Waals surface area contributed by atoms with Gasteiger partial charge in [0, 0.05) is 5.56 Å². The van der Waals surface area contributed by atoms with Crippen LogP contribution < -0.4 is 16.4 Å². The topological polar surface area (TPSA) is 17.1 Å². The van der Waals surface area contributed by atoms with Gasteiger partial charge in [0.1, 0.15) is 6.29 Å². The van der Waals surface area contributed by atoms with Crippen molar-refractivity contribution in [3.05, 3.63) is 87.5 Å². The molecule has 136 valence electrons. The van der Waals surface area contributed by atoms with Crippen molar-refractivity contribution < 1.29 is 4.79 Å². The van der Waals surface area contributed by atoms with Gasteiger partial charge in [-0.25, -0.2) is 0 Å². The molecule has 0 aliphatic heterocycles. The van der Waals surface area contributed by atoms with Crippen LogP contribution in [0, 0.1) is 41.5 Å². The van der Waals surface area contributed by atoms with Crippen LogP contribution in [-0.2, 0) is 0 Å². The van der Waals surface area contributed by atoms with Crippen molar-refractivity contribution in [1.82, 2.24) is 0 Å². The number of carbonyl (C=O) groups is 1. The molecule has 0 atom stereocenters. The predicted molar refractivity (Wildman–Crippen MR) is 118 cm³/mol. The molecule has 27 heavy (non-hydrogen) atoms. The lowest BCUT2D eigenvalue weighted by Gasteiger charge is -2.24. The van der Waals surface area contributed by atoms with Gasteiger partial charge in [0.15, 0.2) is 0 Å². The smallest absolute Gasteiger partial charge is 0.242 e. The second-order valence-electron chi connectivity index (χ2n) is 7.84. The van der Waals surface area contributed by atoms with Crippen molar-refractivity contribution in [2.45, 2.75) is 41.5 Å². The summed E-state index contributed by atoms with van der Waals surface area (Å²) in [5, 5.41) is 0. The van der Waals surface area contributed by atoms with E-state index < -0.39 is 0 Å². The molecule has 0 heterocycles. The highest BCUT2D eigenvalue weighted by Gasteiger charge is 2.28. The normalized spacial score (nSPS) is 10.7. The maximum Gasteiger partial charge on any atom is 0.242 e. The first-order valence-corrected chi connectivity index (χ1v) is 9.52. The maximum absolute atomic E-state index is 11.1. The lowest BCUT2D eigenvalue weighted by Crippen LogP contribution is -2.55. The highest BCUT2D eigenvalue weighted by Crippen LogP contribution is 2.13. The van der Waals surface area contributed by atoms with Crippen LogP contribution in [0.3, 0.4) is 0 Å². The lowest BCUT2D eigenvalue weighted by atomic mass is 9.34. The molecule has 0 N–H and O–H groups in total. The number of hydrogen-bond acceptors (Lipinski definition) is 1. The summed E-state index contributed by atoms with van der Waals surface area (Å²) < 4.78 is 0. The van der Waals surface area contributed by atoms with Gasteiger partial charge in [-0.15, -0.1) is 0 Å². The van der Waals surface area contributed by atoms with Gasteiger partial charge in [-0.1, -0.05) is 98.3 Å². The van der Waals surface area contributed by atoms with Crippen LogP contribution in [0.5, 0.6) is 0 Å². The van der Waals surface area contributed by atoms with Crippen molar-refractivity contribution in [2.75, 3.05) is 0 Å². The van der Waals surface area contributed by atoms with E-state index in [0.717, 1.165) is 6.29 Å². The van der Waals surface area contributed by atoms with E-state index in [1.54, 1.807) is 0 Å². The van der Waals surface area contributed by atoms with Crippen LogP contribution in [-0.4, -0.2) is 13.0 Å². The van der Waals surface area contributed by atoms with Gasteiger partial charge in [0.25, 0.3) is 0 Å². The van der Waals surface area contributed by atoms with Crippen molar-refractivity contribution >= 4 is 29.4 Å². The van der Waals surface area contributed by atoms with Crippen molar-refractivity contribution in [1.29, 1.82) is 0 Å². The summed E-state index contributed by atoms with van der Waals surface area (Å²) >= 11 is 0. The van der Waals surface area contributed by atoms with E-state index in [1.807, 2.05) is 12.1 Å². The molecule has 0 saturated heterocycles. The quantitative estimate of drug-likeness (QED) is 0.514. The van der Waals surface area contributed by atoms with Crippen molar-refractivity contribution in [3.8, 4) is 0 Å². The molecule has 3 rings (SSSR count). The molecule has 0 spiro atoms. The Morgan fingerprint density at radius 3 is 1.33 bits per heavy atom.